The Bertz CT molecular complexity index is 116. The van der Waals surface area contributed by atoms with Gasteiger partial charge < -0.3 is 5.11 Å². The SMILES string of the molecule is CCC=C(O)CCCCCCC. The molecule has 0 saturated heterocycles. The van der Waals surface area contributed by atoms with Crippen molar-refractivity contribution in [1.29, 1.82) is 0 Å². The lowest BCUT2D eigenvalue weighted by Gasteiger charge is -1.99. The minimum atomic E-state index is 0.578. The van der Waals surface area contributed by atoms with Gasteiger partial charge in [-0.1, -0.05) is 39.5 Å². The molecule has 0 spiro atoms. The summed E-state index contributed by atoms with van der Waals surface area (Å²) in [6.07, 6.45) is 10.1. The Hall–Kier alpha value is -0.460. The van der Waals surface area contributed by atoms with Gasteiger partial charge in [0.1, 0.15) is 0 Å². The van der Waals surface area contributed by atoms with Crippen LogP contribution in [0.25, 0.3) is 0 Å². The van der Waals surface area contributed by atoms with Crippen molar-refractivity contribution < 1.29 is 5.11 Å². The topological polar surface area (TPSA) is 20.2 Å². The van der Waals surface area contributed by atoms with Crippen LogP contribution in [-0.4, -0.2) is 5.11 Å². The van der Waals surface area contributed by atoms with E-state index in [1.807, 2.05) is 13.0 Å². The molecule has 0 rings (SSSR count). The zero-order chi connectivity index (χ0) is 9.23. The fourth-order valence-electron chi connectivity index (χ4n) is 1.25. The summed E-state index contributed by atoms with van der Waals surface area (Å²) >= 11 is 0. The number of unbranched alkanes of at least 4 members (excludes halogenated alkanes) is 4. The van der Waals surface area contributed by atoms with E-state index >= 15 is 0 Å². The predicted octanol–water partition coefficient (Wildman–Crippen LogP) is 4.20. The van der Waals surface area contributed by atoms with Crippen molar-refractivity contribution in [3.8, 4) is 0 Å². The van der Waals surface area contributed by atoms with Gasteiger partial charge in [-0.15, -0.1) is 0 Å². The van der Waals surface area contributed by atoms with E-state index in [0.717, 1.165) is 19.3 Å². The monoisotopic (exact) mass is 170 g/mol. The molecule has 0 heterocycles. The molecule has 0 fully saturated rings. The maximum atomic E-state index is 9.27. The van der Waals surface area contributed by atoms with Crippen LogP contribution in [-0.2, 0) is 0 Å². The molecule has 0 aromatic carbocycles. The lowest BCUT2D eigenvalue weighted by Crippen LogP contribution is -1.83. The Morgan fingerprint density at radius 3 is 2.33 bits per heavy atom. The summed E-state index contributed by atoms with van der Waals surface area (Å²) in [4.78, 5) is 0. The molecule has 0 radical (unpaired) electrons. The first kappa shape index (κ1) is 11.5. The zero-order valence-electron chi connectivity index (χ0n) is 8.47. The second-order valence-electron chi connectivity index (χ2n) is 3.27. The molecule has 0 aliphatic rings. The van der Waals surface area contributed by atoms with Crippen LogP contribution < -0.4 is 0 Å². The van der Waals surface area contributed by atoms with E-state index in [4.69, 9.17) is 0 Å². The van der Waals surface area contributed by atoms with Crippen LogP contribution >= 0.6 is 0 Å². The summed E-state index contributed by atoms with van der Waals surface area (Å²) in [7, 11) is 0. The number of aliphatic hydroxyl groups excluding tert-OH is 1. The Kier molecular flexibility index (Phi) is 8.30. The zero-order valence-corrected chi connectivity index (χ0v) is 8.47. The Balaban J connectivity index is 3.14. The highest BCUT2D eigenvalue weighted by Crippen LogP contribution is 2.09. The van der Waals surface area contributed by atoms with Crippen molar-refractivity contribution in [2.75, 3.05) is 0 Å². The number of hydrogen-bond acceptors (Lipinski definition) is 1. The van der Waals surface area contributed by atoms with E-state index in [1.54, 1.807) is 0 Å². The molecule has 0 aromatic heterocycles. The van der Waals surface area contributed by atoms with Crippen LogP contribution in [0.2, 0.25) is 0 Å². The largest absolute Gasteiger partial charge is 0.513 e. The summed E-state index contributed by atoms with van der Waals surface area (Å²) in [6, 6.07) is 0. The smallest absolute Gasteiger partial charge is 0.0882 e. The van der Waals surface area contributed by atoms with E-state index in [-0.39, 0.29) is 0 Å². The van der Waals surface area contributed by atoms with Gasteiger partial charge in [-0.3, -0.25) is 0 Å². The van der Waals surface area contributed by atoms with Crippen molar-refractivity contribution >= 4 is 0 Å². The van der Waals surface area contributed by atoms with E-state index in [1.165, 1.54) is 25.7 Å². The third-order valence-corrected chi connectivity index (χ3v) is 1.98. The minimum absolute atomic E-state index is 0.578. The van der Waals surface area contributed by atoms with Gasteiger partial charge in [-0.25, -0.2) is 0 Å². The maximum Gasteiger partial charge on any atom is 0.0882 e. The van der Waals surface area contributed by atoms with Crippen LogP contribution in [0.5, 0.6) is 0 Å². The molecule has 0 aliphatic carbocycles. The van der Waals surface area contributed by atoms with E-state index in [0.29, 0.717) is 5.76 Å². The van der Waals surface area contributed by atoms with Gasteiger partial charge >= 0.3 is 0 Å². The van der Waals surface area contributed by atoms with Gasteiger partial charge in [-0.05, 0) is 18.9 Å². The van der Waals surface area contributed by atoms with Gasteiger partial charge in [0.2, 0.25) is 0 Å². The third kappa shape index (κ3) is 7.64. The molecule has 0 unspecified atom stereocenters. The number of allylic oxidation sites excluding steroid dienone is 2. The lowest BCUT2D eigenvalue weighted by molar-refractivity contribution is 0.378. The fourth-order valence-corrected chi connectivity index (χ4v) is 1.25. The standard InChI is InChI=1S/C11H22O/c1-3-5-6-7-8-10-11(12)9-4-2/h9,12H,3-8,10H2,1-2H3. The first-order chi connectivity index (χ1) is 5.81. The predicted molar refractivity (Wildman–Crippen MR) is 54.4 cm³/mol. The summed E-state index contributed by atoms with van der Waals surface area (Å²) < 4.78 is 0. The Morgan fingerprint density at radius 2 is 1.75 bits per heavy atom. The van der Waals surface area contributed by atoms with Gasteiger partial charge in [-0.2, -0.15) is 0 Å². The molecule has 1 nitrogen and oxygen atoms in total. The second-order valence-corrected chi connectivity index (χ2v) is 3.27. The molecule has 1 N–H and O–H groups in total. The van der Waals surface area contributed by atoms with Gasteiger partial charge in [0.25, 0.3) is 0 Å². The van der Waals surface area contributed by atoms with Crippen LogP contribution in [0, 0.1) is 0 Å². The molecular formula is C11H22O. The molecule has 0 bridgehead atoms. The van der Waals surface area contributed by atoms with Crippen molar-refractivity contribution in [2.45, 2.75) is 58.8 Å². The van der Waals surface area contributed by atoms with E-state index < -0.39 is 0 Å². The lowest BCUT2D eigenvalue weighted by atomic mass is 10.1. The molecular weight excluding hydrogens is 148 g/mol. The van der Waals surface area contributed by atoms with Crippen LogP contribution in [0.1, 0.15) is 58.8 Å². The van der Waals surface area contributed by atoms with Crippen molar-refractivity contribution in [3.63, 3.8) is 0 Å². The molecule has 0 saturated carbocycles. The summed E-state index contributed by atoms with van der Waals surface area (Å²) in [5.74, 6) is 0.578. The van der Waals surface area contributed by atoms with Gasteiger partial charge in [0, 0.05) is 6.42 Å². The van der Waals surface area contributed by atoms with Crippen LogP contribution in [0.15, 0.2) is 11.8 Å². The number of rotatable bonds is 7. The Labute approximate surface area is 76.5 Å². The maximum absolute atomic E-state index is 9.27. The molecule has 72 valence electrons. The van der Waals surface area contributed by atoms with Crippen LogP contribution in [0.4, 0.5) is 0 Å². The van der Waals surface area contributed by atoms with Crippen molar-refractivity contribution in [3.05, 3.63) is 11.8 Å². The van der Waals surface area contributed by atoms with E-state index in [2.05, 4.69) is 6.92 Å². The highest BCUT2D eigenvalue weighted by Gasteiger charge is 1.92. The first-order valence-electron chi connectivity index (χ1n) is 5.19. The second kappa shape index (κ2) is 8.63. The summed E-state index contributed by atoms with van der Waals surface area (Å²) in [5.41, 5.74) is 0. The third-order valence-electron chi connectivity index (χ3n) is 1.98. The highest BCUT2D eigenvalue weighted by molar-refractivity contribution is 4.89. The van der Waals surface area contributed by atoms with Crippen LogP contribution in [0.3, 0.4) is 0 Å². The van der Waals surface area contributed by atoms with Crippen molar-refractivity contribution in [1.82, 2.24) is 0 Å². The quantitative estimate of drug-likeness (QED) is 0.448. The first-order valence-corrected chi connectivity index (χ1v) is 5.19. The number of aliphatic hydroxyl groups is 1. The summed E-state index contributed by atoms with van der Waals surface area (Å²) in [6.45, 7) is 4.27. The molecule has 0 amide bonds. The van der Waals surface area contributed by atoms with Crippen molar-refractivity contribution in [2.24, 2.45) is 0 Å². The number of hydrogen-bond donors (Lipinski definition) is 1. The fraction of sp³-hybridized carbons (Fsp3) is 0.818. The Morgan fingerprint density at radius 1 is 1.08 bits per heavy atom. The van der Waals surface area contributed by atoms with Gasteiger partial charge in [0.05, 0.1) is 5.76 Å². The molecule has 0 aromatic rings. The minimum Gasteiger partial charge on any atom is -0.513 e. The molecule has 0 aliphatic heterocycles. The highest BCUT2D eigenvalue weighted by atomic mass is 16.3. The normalized spacial score (nSPS) is 12.0. The molecule has 1 heteroatoms. The molecule has 12 heavy (non-hydrogen) atoms. The average molecular weight is 170 g/mol. The molecule has 0 atom stereocenters. The average Bonchev–Trinajstić information content (AvgIpc) is 2.05. The van der Waals surface area contributed by atoms with E-state index in [9.17, 15) is 5.11 Å². The summed E-state index contributed by atoms with van der Waals surface area (Å²) in [5, 5.41) is 9.27. The van der Waals surface area contributed by atoms with Gasteiger partial charge in [0.15, 0.2) is 0 Å².